The van der Waals surface area contributed by atoms with Crippen LogP contribution in [-0.2, 0) is 7.05 Å². The second kappa shape index (κ2) is 3.07. The lowest BCUT2D eigenvalue weighted by molar-refractivity contribution is 0.0697. The topological polar surface area (TPSA) is 55.1 Å². The summed E-state index contributed by atoms with van der Waals surface area (Å²) in [6.45, 7) is 0. The van der Waals surface area contributed by atoms with Crippen molar-refractivity contribution in [3.8, 4) is 0 Å². The first-order valence-corrected chi connectivity index (χ1v) is 5.36. The summed E-state index contributed by atoms with van der Waals surface area (Å²) >= 11 is 0. The number of fused-ring (bicyclic) bond motifs is 1. The number of rotatable bonds is 2. The van der Waals surface area contributed by atoms with E-state index >= 15 is 0 Å². The molecule has 2 aromatic rings. The van der Waals surface area contributed by atoms with E-state index in [-0.39, 0.29) is 0 Å². The van der Waals surface area contributed by atoms with Gasteiger partial charge in [0.1, 0.15) is 5.82 Å². The molecule has 4 nitrogen and oxygen atoms in total. The molecule has 1 saturated carbocycles. The maximum absolute atomic E-state index is 10.8. The number of aryl methyl sites for hydroxylation is 1. The Morgan fingerprint density at radius 3 is 2.88 bits per heavy atom. The number of carboxylic acids is 1. The normalized spacial score (nSPS) is 15.6. The maximum Gasteiger partial charge on any atom is 0.335 e. The third kappa shape index (κ3) is 1.30. The van der Waals surface area contributed by atoms with Gasteiger partial charge in [0.05, 0.1) is 16.6 Å². The molecule has 0 unspecified atom stereocenters. The number of nitrogens with zero attached hydrogens (tertiary/aromatic N) is 2. The van der Waals surface area contributed by atoms with Crippen molar-refractivity contribution in [2.45, 2.75) is 18.8 Å². The van der Waals surface area contributed by atoms with Crippen LogP contribution in [0.3, 0.4) is 0 Å². The third-order valence-electron chi connectivity index (χ3n) is 3.10. The number of aromatic carboxylic acids is 1. The van der Waals surface area contributed by atoms with E-state index in [0.29, 0.717) is 11.5 Å². The number of carboxylic acid groups (broad SMARTS) is 1. The molecular weight excluding hydrogens is 204 g/mol. The monoisotopic (exact) mass is 216 g/mol. The molecule has 1 N–H and O–H groups in total. The predicted octanol–water partition coefficient (Wildman–Crippen LogP) is 2.15. The summed E-state index contributed by atoms with van der Waals surface area (Å²) in [4.78, 5) is 15.4. The van der Waals surface area contributed by atoms with Gasteiger partial charge in [0, 0.05) is 13.0 Å². The first-order valence-electron chi connectivity index (χ1n) is 5.36. The largest absolute Gasteiger partial charge is 0.478 e. The van der Waals surface area contributed by atoms with Crippen LogP contribution in [0.5, 0.6) is 0 Å². The quantitative estimate of drug-likeness (QED) is 0.836. The van der Waals surface area contributed by atoms with Gasteiger partial charge in [-0.1, -0.05) is 0 Å². The minimum Gasteiger partial charge on any atom is -0.478 e. The number of benzene rings is 1. The molecule has 4 heteroatoms. The van der Waals surface area contributed by atoms with Crippen LogP contribution in [0.15, 0.2) is 18.2 Å². The van der Waals surface area contributed by atoms with E-state index in [4.69, 9.17) is 5.11 Å². The van der Waals surface area contributed by atoms with Crippen molar-refractivity contribution < 1.29 is 9.90 Å². The van der Waals surface area contributed by atoms with Crippen molar-refractivity contribution in [2.24, 2.45) is 7.05 Å². The second-order valence-corrected chi connectivity index (χ2v) is 4.31. The highest BCUT2D eigenvalue weighted by Gasteiger charge is 2.28. The van der Waals surface area contributed by atoms with Crippen molar-refractivity contribution in [3.05, 3.63) is 29.6 Å². The molecule has 82 valence electrons. The van der Waals surface area contributed by atoms with Crippen LogP contribution < -0.4 is 0 Å². The summed E-state index contributed by atoms with van der Waals surface area (Å²) in [5.41, 5.74) is 2.09. The van der Waals surface area contributed by atoms with Crippen molar-refractivity contribution in [3.63, 3.8) is 0 Å². The van der Waals surface area contributed by atoms with E-state index in [1.165, 1.54) is 12.8 Å². The summed E-state index contributed by atoms with van der Waals surface area (Å²) in [6, 6.07) is 5.10. The van der Waals surface area contributed by atoms with Gasteiger partial charge in [-0.15, -0.1) is 0 Å². The van der Waals surface area contributed by atoms with Crippen LogP contribution in [-0.4, -0.2) is 20.6 Å². The van der Waals surface area contributed by atoms with Crippen LogP contribution in [0.1, 0.15) is 34.9 Å². The van der Waals surface area contributed by atoms with Gasteiger partial charge in [0.2, 0.25) is 0 Å². The van der Waals surface area contributed by atoms with Crippen LogP contribution >= 0.6 is 0 Å². The molecular formula is C12H12N2O2. The van der Waals surface area contributed by atoms with Gasteiger partial charge in [0.15, 0.2) is 0 Å². The zero-order chi connectivity index (χ0) is 11.3. The molecule has 1 aromatic heterocycles. The van der Waals surface area contributed by atoms with E-state index < -0.39 is 5.97 Å². The molecule has 3 rings (SSSR count). The highest BCUT2D eigenvalue weighted by molar-refractivity contribution is 5.92. The van der Waals surface area contributed by atoms with Gasteiger partial charge in [-0.25, -0.2) is 9.78 Å². The average molecular weight is 216 g/mol. The van der Waals surface area contributed by atoms with Crippen LogP contribution in [0.2, 0.25) is 0 Å². The lowest BCUT2D eigenvalue weighted by Gasteiger charge is -1.99. The average Bonchev–Trinajstić information content (AvgIpc) is 3.04. The molecule has 1 aromatic carbocycles. The van der Waals surface area contributed by atoms with E-state index in [0.717, 1.165) is 16.9 Å². The standard InChI is InChI=1S/C12H12N2O2/c1-14-10-5-4-8(12(15)16)6-9(10)13-11(14)7-2-3-7/h4-7H,2-3H2,1H3,(H,15,16). The molecule has 0 bridgehead atoms. The first-order chi connectivity index (χ1) is 7.66. The lowest BCUT2D eigenvalue weighted by atomic mass is 10.2. The molecule has 1 aliphatic rings. The Morgan fingerprint density at radius 1 is 1.50 bits per heavy atom. The van der Waals surface area contributed by atoms with Crippen molar-refractivity contribution in [1.29, 1.82) is 0 Å². The van der Waals surface area contributed by atoms with Gasteiger partial charge in [-0.05, 0) is 31.0 Å². The van der Waals surface area contributed by atoms with Crippen molar-refractivity contribution in [1.82, 2.24) is 9.55 Å². The molecule has 0 aliphatic heterocycles. The molecule has 1 aliphatic carbocycles. The van der Waals surface area contributed by atoms with Gasteiger partial charge in [-0.3, -0.25) is 0 Å². The van der Waals surface area contributed by atoms with Gasteiger partial charge < -0.3 is 9.67 Å². The summed E-state index contributed by atoms with van der Waals surface area (Å²) in [5, 5.41) is 8.91. The maximum atomic E-state index is 10.8. The van der Waals surface area contributed by atoms with Gasteiger partial charge in [-0.2, -0.15) is 0 Å². The van der Waals surface area contributed by atoms with E-state index in [9.17, 15) is 4.79 Å². The fraction of sp³-hybridized carbons (Fsp3) is 0.333. The van der Waals surface area contributed by atoms with E-state index in [2.05, 4.69) is 9.55 Å². The lowest BCUT2D eigenvalue weighted by Crippen LogP contribution is -1.96. The number of imidazole rings is 1. The Kier molecular flexibility index (Phi) is 1.80. The molecule has 1 heterocycles. The highest BCUT2D eigenvalue weighted by Crippen LogP contribution is 2.40. The summed E-state index contributed by atoms with van der Waals surface area (Å²) < 4.78 is 2.07. The highest BCUT2D eigenvalue weighted by atomic mass is 16.4. The Balaban J connectivity index is 2.20. The van der Waals surface area contributed by atoms with E-state index in [1.54, 1.807) is 12.1 Å². The summed E-state index contributed by atoms with van der Waals surface area (Å²) in [7, 11) is 1.99. The Hall–Kier alpha value is -1.84. The molecule has 16 heavy (non-hydrogen) atoms. The van der Waals surface area contributed by atoms with Gasteiger partial charge in [0.25, 0.3) is 0 Å². The molecule has 0 radical (unpaired) electrons. The van der Waals surface area contributed by atoms with Gasteiger partial charge >= 0.3 is 5.97 Å². The smallest absolute Gasteiger partial charge is 0.335 e. The second-order valence-electron chi connectivity index (χ2n) is 4.31. The minimum absolute atomic E-state index is 0.299. The van der Waals surface area contributed by atoms with Crippen molar-refractivity contribution in [2.75, 3.05) is 0 Å². The molecule has 0 amide bonds. The number of aromatic nitrogens is 2. The Bertz CT molecular complexity index is 582. The van der Waals surface area contributed by atoms with Crippen LogP contribution in [0.4, 0.5) is 0 Å². The Labute approximate surface area is 92.5 Å². The van der Waals surface area contributed by atoms with E-state index in [1.807, 2.05) is 13.1 Å². The molecule has 0 atom stereocenters. The zero-order valence-electron chi connectivity index (χ0n) is 8.97. The molecule has 0 spiro atoms. The van der Waals surface area contributed by atoms with Crippen LogP contribution in [0, 0.1) is 0 Å². The zero-order valence-corrected chi connectivity index (χ0v) is 8.97. The fourth-order valence-electron chi connectivity index (χ4n) is 2.06. The Morgan fingerprint density at radius 2 is 2.25 bits per heavy atom. The third-order valence-corrected chi connectivity index (χ3v) is 3.10. The van der Waals surface area contributed by atoms with Crippen molar-refractivity contribution >= 4 is 17.0 Å². The first kappa shape index (κ1) is 9.39. The minimum atomic E-state index is -0.902. The number of hydrogen-bond acceptors (Lipinski definition) is 2. The number of hydrogen-bond donors (Lipinski definition) is 1. The summed E-state index contributed by atoms with van der Waals surface area (Å²) in [6.07, 6.45) is 2.39. The molecule has 0 saturated heterocycles. The predicted molar refractivity (Wildman–Crippen MR) is 59.6 cm³/mol. The van der Waals surface area contributed by atoms with Crippen LogP contribution in [0.25, 0.3) is 11.0 Å². The SMILES string of the molecule is Cn1c(C2CC2)nc2cc(C(=O)O)ccc21. The fourth-order valence-corrected chi connectivity index (χ4v) is 2.06. The number of carbonyl (C=O) groups is 1. The summed E-state index contributed by atoms with van der Waals surface area (Å²) in [5.74, 6) is 0.753. The molecule has 1 fully saturated rings.